The van der Waals surface area contributed by atoms with Crippen molar-refractivity contribution in [1.29, 1.82) is 0 Å². The molecule has 2 aromatic heterocycles. The molecule has 0 saturated carbocycles. The summed E-state index contributed by atoms with van der Waals surface area (Å²) in [7, 11) is 0. The van der Waals surface area contributed by atoms with Crippen molar-refractivity contribution in [3.8, 4) is 11.3 Å². The summed E-state index contributed by atoms with van der Waals surface area (Å²) in [4.78, 5) is 12.1. The lowest BCUT2D eigenvalue weighted by Gasteiger charge is -2.07. The standard InChI is InChI=1S/C16H14IN3OS/c17-14-4-2-1-3-13(14)16(21)18-7-9-20-8-5-15(19-20)12-6-10-22-11-12/h1-6,8,10-11H,7,9H2,(H,18,21). The molecular formula is C16H14IN3OS. The summed E-state index contributed by atoms with van der Waals surface area (Å²) in [5.74, 6) is -0.0461. The van der Waals surface area contributed by atoms with Crippen molar-refractivity contribution in [3.63, 3.8) is 0 Å². The molecule has 0 aliphatic rings. The van der Waals surface area contributed by atoms with E-state index in [0.717, 1.165) is 14.8 Å². The van der Waals surface area contributed by atoms with Crippen molar-refractivity contribution < 1.29 is 4.79 Å². The number of halogens is 1. The predicted octanol–water partition coefficient (Wildman–Crippen LogP) is 3.65. The van der Waals surface area contributed by atoms with Crippen LogP contribution >= 0.6 is 33.9 Å². The number of hydrogen-bond donors (Lipinski definition) is 1. The summed E-state index contributed by atoms with van der Waals surface area (Å²) < 4.78 is 2.81. The molecule has 22 heavy (non-hydrogen) atoms. The highest BCUT2D eigenvalue weighted by atomic mass is 127. The largest absolute Gasteiger partial charge is 0.350 e. The highest BCUT2D eigenvalue weighted by Gasteiger charge is 2.08. The number of rotatable bonds is 5. The van der Waals surface area contributed by atoms with E-state index in [1.807, 2.05) is 46.6 Å². The van der Waals surface area contributed by atoms with E-state index in [1.54, 1.807) is 11.3 Å². The number of hydrogen-bond acceptors (Lipinski definition) is 3. The van der Waals surface area contributed by atoms with Crippen LogP contribution in [0.25, 0.3) is 11.3 Å². The van der Waals surface area contributed by atoms with Crippen molar-refractivity contribution in [3.05, 3.63) is 62.5 Å². The monoisotopic (exact) mass is 423 g/mol. The Morgan fingerprint density at radius 3 is 2.91 bits per heavy atom. The van der Waals surface area contributed by atoms with Crippen LogP contribution in [0.15, 0.2) is 53.4 Å². The van der Waals surface area contributed by atoms with Crippen LogP contribution in [-0.2, 0) is 6.54 Å². The van der Waals surface area contributed by atoms with Gasteiger partial charge in [0.05, 0.1) is 17.8 Å². The molecule has 0 bridgehead atoms. The molecule has 0 unspecified atom stereocenters. The number of carbonyl (C=O) groups excluding carboxylic acids is 1. The molecule has 1 amide bonds. The first-order valence-corrected chi connectivity index (χ1v) is 8.85. The molecule has 0 atom stereocenters. The van der Waals surface area contributed by atoms with E-state index in [2.05, 4.69) is 44.5 Å². The van der Waals surface area contributed by atoms with Gasteiger partial charge in [0.25, 0.3) is 5.91 Å². The van der Waals surface area contributed by atoms with Crippen LogP contribution in [0.2, 0.25) is 0 Å². The van der Waals surface area contributed by atoms with Gasteiger partial charge in [-0.15, -0.1) is 0 Å². The lowest BCUT2D eigenvalue weighted by Crippen LogP contribution is -2.28. The molecule has 3 rings (SSSR count). The molecule has 1 aromatic carbocycles. The van der Waals surface area contributed by atoms with Gasteiger partial charge in [0.15, 0.2) is 0 Å². The van der Waals surface area contributed by atoms with E-state index in [0.29, 0.717) is 18.7 Å². The number of amides is 1. The SMILES string of the molecule is O=C(NCCn1ccc(-c2ccsc2)n1)c1ccccc1I. The predicted molar refractivity (Wildman–Crippen MR) is 97.0 cm³/mol. The number of thiophene rings is 1. The first kappa shape index (κ1) is 15.2. The molecule has 0 spiro atoms. The Kier molecular flexibility index (Phi) is 4.89. The van der Waals surface area contributed by atoms with Gasteiger partial charge in [0.2, 0.25) is 0 Å². The third kappa shape index (κ3) is 3.56. The van der Waals surface area contributed by atoms with Crippen LogP contribution < -0.4 is 5.32 Å². The van der Waals surface area contributed by atoms with E-state index in [-0.39, 0.29) is 5.91 Å². The van der Waals surface area contributed by atoms with Gasteiger partial charge in [-0.1, -0.05) is 12.1 Å². The minimum atomic E-state index is -0.0461. The molecule has 6 heteroatoms. The van der Waals surface area contributed by atoms with Crippen LogP contribution in [0.1, 0.15) is 10.4 Å². The average Bonchev–Trinajstić information content (AvgIpc) is 3.18. The van der Waals surface area contributed by atoms with Crippen molar-refractivity contribution in [2.45, 2.75) is 6.54 Å². The summed E-state index contributed by atoms with van der Waals surface area (Å²) >= 11 is 3.83. The molecule has 2 heterocycles. The molecule has 0 fully saturated rings. The third-order valence-corrected chi connectivity index (χ3v) is 4.83. The Bertz CT molecular complexity index is 767. The van der Waals surface area contributed by atoms with Crippen LogP contribution in [0.3, 0.4) is 0 Å². The zero-order valence-corrected chi connectivity index (χ0v) is 14.7. The summed E-state index contributed by atoms with van der Waals surface area (Å²) in [5, 5.41) is 11.6. The van der Waals surface area contributed by atoms with E-state index >= 15 is 0 Å². The highest BCUT2D eigenvalue weighted by molar-refractivity contribution is 14.1. The molecule has 112 valence electrons. The first-order chi connectivity index (χ1) is 10.7. The molecule has 0 aliphatic carbocycles. The van der Waals surface area contributed by atoms with Gasteiger partial charge >= 0.3 is 0 Å². The van der Waals surface area contributed by atoms with Gasteiger partial charge in [-0.2, -0.15) is 16.4 Å². The zero-order valence-electron chi connectivity index (χ0n) is 11.7. The molecular weight excluding hydrogens is 409 g/mol. The normalized spacial score (nSPS) is 10.6. The molecule has 3 aromatic rings. The maximum atomic E-state index is 12.1. The molecule has 1 N–H and O–H groups in total. The molecule has 0 saturated heterocycles. The molecule has 4 nitrogen and oxygen atoms in total. The summed E-state index contributed by atoms with van der Waals surface area (Å²) in [6.07, 6.45) is 1.94. The van der Waals surface area contributed by atoms with E-state index in [1.165, 1.54) is 0 Å². The molecule has 0 radical (unpaired) electrons. The van der Waals surface area contributed by atoms with Gasteiger partial charge in [0, 0.05) is 27.3 Å². The number of benzene rings is 1. The van der Waals surface area contributed by atoms with Gasteiger partial charge < -0.3 is 5.32 Å². The zero-order chi connectivity index (χ0) is 15.4. The summed E-state index contributed by atoms with van der Waals surface area (Å²) in [6.45, 7) is 1.20. The minimum absolute atomic E-state index is 0.0461. The number of carbonyl (C=O) groups is 1. The average molecular weight is 423 g/mol. The Hall–Kier alpha value is -1.67. The summed E-state index contributed by atoms with van der Waals surface area (Å²) in [5.41, 5.74) is 2.80. The number of nitrogens with zero attached hydrogens (tertiary/aromatic N) is 2. The van der Waals surface area contributed by atoms with Crippen molar-refractivity contribution in [2.75, 3.05) is 6.54 Å². The maximum Gasteiger partial charge on any atom is 0.252 e. The Labute approximate surface area is 146 Å². The van der Waals surface area contributed by atoms with Gasteiger partial charge in [0.1, 0.15) is 0 Å². The first-order valence-electron chi connectivity index (χ1n) is 6.83. The lowest BCUT2D eigenvalue weighted by atomic mass is 10.2. The van der Waals surface area contributed by atoms with Gasteiger partial charge in [-0.25, -0.2) is 0 Å². The quantitative estimate of drug-likeness (QED) is 0.637. The maximum absolute atomic E-state index is 12.1. The van der Waals surface area contributed by atoms with Crippen LogP contribution in [0.5, 0.6) is 0 Å². The smallest absolute Gasteiger partial charge is 0.252 e. The third-order valence-electron chi connectivity index (χ3n) is 3.20. The lowest BCUT2D eigenvalue weighted by molar-refractivity contribution is 0.0951. The van der Waals surface area contributed by atoms with Crippen LogP contribution in [0, 0.1) is 3.57 Å². The fraction of sp³-hybridized carbons (Fsp3) is 0.125. The van der Waals surface area contributed by atoms with Crippen molar-refractivity contribution in [1.82, 2.24) is 15.1 Å². The minimum Gasteiger partial charge on any atom is -0.350 e. The molecule has 0 aliphatic heterocycles. The summed E-state index contributed by atoms with van der Waals surface area (Å²) in [6, 6.07) is 11.6. The Morgan fingerprint density at radius 1 is 1.27 bits per heavy atom. The highest BCUT2D eigenvalue weighted by Crippen LogP contribution is 2.19. The fourth-order valence-electron chi connectivity index (χ4n) is 2.07. The van der Waals surface area contributed by atoms with E-state index in [4.69, 9.17) is 0 Å². The Balaban J connectivity index is 1.55. The Morgan fingerprint density at radius 2 is 2.14 bits per heavy atom. The second-order valence-corrected chi connectivity index (χ2v) is 6.65. The van der Waals surface area contributed by atoms with Gasteiger partial charge in [-0.05, 0) is 52.2 Å². The van der Waals surface area contributed by atoms with E-state index in [9.17, 15) is 4.79 Å². The van der Waals surface area contributed by atoms with E-state index < -0.39 is 0 Å². The van der Waals surface area contributed by atoms with Gasteiger partial charge in [-0.3, -0.25) is 9.48 Å². The second kappa shape index (κ2) is 7.06. The fourth-order valence-corrected chi connectivity index (χ4v) is 3.36. The van der Waals surface area contributed by atoms with Crippen molar-refractivity contribution >= 4 is 39.8 Å². The number of aromatic nitrogens is 2. The topological polar surface area (TPSA) is 46.9 Å². The van der Waals surface area contributed by atoms with Crippen LogP contribution in [0.4, 0.5) is 0 Å². The number of nitrogens with one attached hydrogen (secondary N) is 1. The van der Waals surface area contributed by atoms with Crippen molar-refractivity contribution in [2.24, 2.45) is 0 Å². The van der Waals surface area contributed by atoms with Crippen LogP contribution in [-0.4, -0.2) is 22.2 Å². The second-order valence-electron chi connectivity index (χ2n) is 4.71.